The molecule has 4 nitrogen and oxygen atoms in total. The zero-order chi connectivity index (χ0) is 17.0. The summed E-state index contributed by atoms with van der Waals surface area (Å²) < 4.78 is 5.96. The molecule has 1 aromatic heterocycles. The topological polar surface area (TPSA) is 58.8 Å². The van der Waals surface area contributed by atoms with Crippen LogP contribution in [0.2, 0.25) is 0 Å². The summed E-state index contributed by atoms with van der Waals surface area (Å²) in [5.74, 6) is 1.66. The summed E-state index contributed by atoms with van der Waals surface area (Å²) in [6.45, 7) is 4.75. The number of unbranched alkanes of at least 4 members (excludes halogenated alkanes) is 1. The molecule has 1 aliphatic rings. The fourth-order valence-corrected chi connectivity index (χ4v) is 3.66. The van der Waals surface area contributed by atoms with E-state index in [2.05, 4.69) is 19.9 Å². The molecule has 2 aromatic rings. The van der Waals surface area contributed by atoms with Gasteiger partial charge in [0.25, 0.3) is 0 Å². The minimum atomic E-state index is -0.196. The summed E-state index contributed by atoms with van der Waals surface area (Å²) in [7, 11) is 0. The average Bonchev–Trinajstić information content (AvgIpc) is 2.58. The number of fused-ring (bicyclic) bond motifs is 1. The summed E-state index contributed by atoms with van der Waals surface area (Å²) in [4.78, 5) is 9.62. The first-order valence-electron chi connectivity index (χ1n) is 8.18. The molecule has 0 amide bonds. The molecule has 124 valence electrons. The van der Waals surface area contributed by atoms with E-state index in [9.17, 15) is 0 Å². The smallest absolute Gasteiger partial charge is 0.160 e. The van der Waals surface area contributed by atoms with E-state index in [0.29, 0.717) is 13.0 Å². The lowest BCUT2D eigenvalue weighted by molar-refractivity contribution is -0.0428. The van der Waals surface area contributed by atoms with Gasteiger partial charge in [-0.3, -0.25) is 0 Å². The minimum Gasteiger partial charge on any atom is -0.370 e. The molecular weight excluding hydrogens is 318 g/mol. The molecule has 1 aliphatic heterocycles. The van der Waals surface area contributed by atoms with Gasteiger partial charge < -0.3 is 4.74 Å². The third kappa shape index (κ3) is 3.95. The van der Waals surface area contributed by atoms with E-state index in [1.165, 1.54) is 0 Å². The molecule has 24 heavy (non-hydrogen) atoms. The number of hydrogen-bond donors (Lipinski definition) is 0. The highest BCUT2D eigenvalue weighted by Crippen LogP contribution is 2.34. The van der Waals surface area contributed by atoms with Crippen LogP contribution in [0.5, 0.6) is 0 Å². The Bertz CT molecular complexity index is 753. The van der Waals surface area contributed by atoms with Gasteiger partial charge in [0, 0.05) is 29.7 Å². The molecule has 3 rings (SSSR count). The highest BCUT2D eigenvalue weighted by molar-refractivity contribution is 7.99. The van der Waals surface area contributed by atoms with Crippen LogP contribution in [0.15, 0.2) is 35.4 Å². The van der Waals surface area contributed by atoms with Gasteiger partial charge in [0.2, 0.25) is 0 Å². The van der Waals surface area contributed by atoms with Gasteiger partial charge in [-0.2, -0.15) is 5.26 Å². The molecule has 2 heterocycles. The molecule has 0 aliphatic carbocycles. The van der Waals surface area contributed by atoms with E-state index >= 15 is 0 Å². The van der Waals surface area contributed by atoms with Gasteiger partial charge in [-0.1, -0.05) is 30.3 Å². The predicted octanol–water partition coefficient (Wildman–Crippen LogP) is 4.39. The summed E-state index contributed by atoms with van der Waals surface area (Å²) in [6, 6.07) is 12.3. The van der Waals surface area contributed by atoms with Crippen LogP contribution in [0, 0.1) is 11.3 Å². The third-order valence-corrected chi connectivity index (χ3v) is 5.06. The Morgan fingerprint density at radius 3 is 2.79 bits per heavy atom. The van der Waals surface area contributed by atoms with Gasteiger partial charge in [0.05, 0.1) is 24.0 Å². The first-order chi connectivity index (χ1) is 11.6. The first kappa shape index (κ1) is 16.9. The van der Waals surface area contributed by atoms with Crippen LogP contribution in [-0.2, 0) is 17.8 Å². The van der Waals surface area contributed by atoms with Crippen molar-refractivity contribution in [2.75, 3.05) is 5.75 Å². The van der Waals surface area contributed by atoms with E-state index in [4.69, 9.17) is 20.0 Å². The highest BCUT2D eigenvalue weighted by Gasteiger charge is 2.30. The van der Waals surface area contributed by atoms with Crippen molar-refractivity contribution in [3.05, 3.63) is 41.6 Å². The van der Waals surface area contributed by atoms with E-state index in [1.54, 1.807) is 11.8 Å². The second-order valence-electron chi connectivity index (χ2n) is 6.48. The molecule has 0 N–H and O–H groups in total. The quantitative estimate of drug-likeness (QED) is 0.459. The van der Waals surface area contributed by atoms with E-state index in [0.717, 1.165) is 46.3 Å². The lowest BCUT2D eigenvalue weighted by atomic mass is 9.96. The third-order valence-electron chi connectivity index (χ3n) is 3.96. The normalized spacial score (nSPS) is 15.5. The van der Waals surface area contributed by atoms with Gasteiger partial charge in [-0.25, -0.2) is 9.97 Å². The molecule has 0 radical (unpaired) electrons. The van der Waals surface area contributed by atoms with Crippen LogP contribution < -0.4 is 0 Å². The summed E-state index contributed by atoms with van der Waals surface area (Å²) in [5.41, 5.74) is 3.03. The molecule has 0 saturated carbocycles. The van der Waals surface area contributed by atoms with Crippen LogP contribution >= 0.6 is 11.8 Å². The maximum absolute atomic E-state index is 8.70. The maximum atomic E-state index is 8.70. The highest BCUT2D eigenvalue weighted by atomic mass is 32.2. The van der Waals surface area contributed by atoms with E-state index in [-0.39, 0.29) is 5.60 Å². The summed E-state index contributed by atoms with van der Waals surface area (Å²) >= 11 is 1.70. The molecule has 0 saturated heterocycles. The minimum absolute atomic E-state index is 0.196. The van der Waals surface area contributed by atoms with Crippen LogP contribution in [0.4, 0.5) is 0 Å². The van der Waals surface area contributed by atoms with Crippen molar-refractivity contribution in [2.24, 2.45) is 0 Å². The fourth-order valence-electron chi connectivity index (χ4n) is 2.68. The first-order valence-corrected chi connectivity index (χ1v) is 9.16. The molecule has 0 bridgehead atoms. The maximum Gasteiger partial charge on any atom is 0.160 e. The zero-order valence-electron chi connectivity index (χ0n) is 14.1. The molecular formula is C19H21N3OS. The van der Waals surface area contributed by atoms with Crippen molar-refractivity contribution in [2.45, 2.75) is 50.3 Å². The second kappa shape index (κ2) is 7.33. The summed E-state index contributed by atoms with van der Waals surface area (Å²) in [6.07, 6.45) is 2.23. The lowest BCUT2D eigenvalue weighted by Crippen LogP contribution is -2.33. The Hall–Kier alpha value is -1.90. The Kier molecular flexibility index (Phi) is 5.17. The van der Waals surface area contributed by atoms with Crippen molar-refractivity contribution in [1.29, 1.82) is 5.26 Å². The van der Waals surface area contributed by atoms with E-state index in [1.807, 2.05) is 30.3 Å². The van der Waals surface area contributed by atoms with Crippen molar-refractivity contribution in [3.8, 4) is 17.5 Å². The van der Waals surface area contributed by atoms with Gasteiger partial charge in [0.15, 0.2) is 5.82 Å². The Morgan fingerprint density at radius 1 is 1.25 bits per heavy atom. The number of hydrogen-bond acceptors (Lipinski definition) is 5. The molecule has 0 spiro atoms. The second-order valence-corrected chi connectivity index (χ2v) is 7.56. The number of benzene rings is 1. The number of ether oxygens (including phenoxy) is 1. The van der Waals surface area contributed by atoms with Gasteiger partial charge in [-0.05, 0) is 20.3 Å². The molecule has 0 unspecified atom stereocenters. The van der Waals surface area contributed by atoms with Crippen LogP contribution in [0.25, 0.3) is 11.4 Å². The lowest BCUT2D eigenvalue weighted by Gasteiger charge is -2.32. The number of nitriles is 1. The average molecular weight is 339 g/mol. The zero-order valence-corrected chi connectivity index (χ0v) is 14.9. The largest absolute Gasteiger partial charge is 0.370 e. The molecule has 1 aromatic carbocycles. The Balaban J connectivity index is 1.95. The van der Waals surface area contributed by atoms with E-state index < -0.39 is 0 Å². The van der Waals surface area contributed by atoms with Crippen molar-refractivity contribution in [3.63, 3.8) is 0 Å². The Labute approximate surface area is 147 Å². The van der Waals surface area contributed by atoms with Crippen LogP contribution in [0.1, 0.15) is 37.9 Å². The Morgan fingerprint density at radius 2 is 2.04 bits per heavy atom. The molecule has 0 fully saturated rings. The monoisotopic (exact) mass is 339 g/mol. The molecule has 0 atom stereocenters. The fraction of sp³-hybridized carbons (Fsp3) is 0.421. The van der Waals surface area contributed by atoms with Crippen molar-refractivity contribution < 1.29 is 4.74 Å². The number of rotatable bonds is 5. The molecule has 5 heteroatoms. The SMILES string of the molecule is CC1(C)Cc2nc(-c3ccccc3)nc(SCCCC#N)c2CO1. The van der Waals surface area contributed by atoms with Gasteiger partial charge in [0.1, 0.15) is 5.03 Å². The standard InChI is InChI=1S/C19H21N3OS/c1-19(2)12-16-15(13-23-19)18(24-11-7-6-10-20)22-17(21-16)14-8-4-3-5-9-14/h3-5,8-9H,6-7,11-13H2,1-2H3. The van der Waals surface area contributed by atoms with Gasteiger partial charge >= 0.3 is 0 Å². The van der Waals surface area contributed by atoms with Crippen LogP contribution in [0.3, 0.4) is 0 Å². The summed E-state index contributed by atoms with van der Waals surface area (Å²) in [5, 5.41) is 9.69. The van der Waals surface area contributed by atoms with Crippen molar-refractivity contribution >= 4 is 11.8 Å². The van der Waals surface area contributed by atoms with Gasteiger partial charge in [-0.15, -0.1) is 11.8 Å². The predicted molar refractivity (Wildman–Crippen MR) is 95.6 cm³/mol. The van der Waals surface area contributed by atoms with Crippen molar-refractivity contribution in [1.82, 2.24) is 9.97 Å². The number of aromatic nitrogens is 2. The number of thioether (sulfide) groups is 1. The number of nitrogens with zero attached hydrogens (tertiary/aromatic N) is 3. The van der Waals surface area contributed by atoms with Crippen LogP contribution in [-0.4, -0.2) is 21.3 Å².